The molecule has 2 aromatic carbocycles. The van der Waals surface area contributed by atoms with Crippen molar-refractivity contribution in [2.75, 3.05) is 11.9 Å². The van der Waals surface area contributed by atoms with E-state index in [2.05, 4.69) is 5.32 Å². The van der Waals surface area contributed by atoms with E-state index in [1.807, 2.05) is 0 Å². The minimum Gasteiger partial charge on any atom is -0.484 e. The van der Waals surface area contributed by atoms with Gasteiger partial charge >= 0.3 is 0 Å². The molecule has 0 radical (unpaired) electrons. The van der Waals surface area contributed by atoms with Crippen LogP contribution < -0.4 is 10.1 Å². The van der Waals surface area contributed by atoms with Crippen LogP contribution in [-0.4, -0.2) is 18.3 Å². The first-order chi connectivity index (χ1) is 10.1. The number of hydrogen-bond donors (Lipinski definition) is 1. The maximum atomic E-state index is 11.9. The zero-order valence-electron chi connectivity index (χ0n) is 11.4. The molecule has 0 spiro atoms. The summed E-state index contributed by atoms with van der Waals surface area (Å²) in [6, 6.07) is 13.6. The molecule has 4 nitrogen and oxygen atoms in total. The first kappa shape index (κ1) is 15.1. The van der Waals surface area contributed by atoms with Gasteiger partial charge in [-0.2, -0.15) is 0 Å². The van der Waals surface area contributed by atoms with Crippen LogP contribution in [0.1, 0.15) is 17.3 Å². The van der Waals surface area contributed by atoms with E-state index in [0.29, 0.717) is 22.0 Å². The van der Waals surface area contributed by atoms with E-state index in [1.54, 1.807) is 48.5 Å². The molecule has 2 aromatic rings. The number of carbonyl (C=O) groups excluding carboxylic acids is 2. The van der Waals surface area contributed by atoms with Crippen LogP contribution in [0.4, 0.5) is 5.69 Å². The van der Waals surface area contributed by atoms with Crippen LogP contribution in [-0.2, 0) is 4.79 Å². The van der Waals surface area contributed by atoms with Gasteiger partial charge in [-0.25, -0.2) is 0 Å². The fourth-order valence-electron chi connectivity index (χ4n) is 1.77. The van der Waals surface area contributed by atoms with Crippen LogP contribution in [0.3, 0.4) is 0 Å². The average molecular weight is 304 g/mol. The fourth-order valence-corrected chi connectivity index (χ4v) is 1.89. The van der Waals surface area contributed by atoms with E-state index in [1.165, 1.54) is 6.92 Å². The summed E-state index contributed by atoms with van der Waals surface area (Å²) in [6.07, 6.45) is 0. The molecule has 0 aliphatic heterocycles. The van der Waals surface area contributed by atoms with E-state index >= 15 is 0 Å². The molecule has 0 aliphatic rings. The second-order valence-corrected chi connectivity index (χ2v) is 4.83. The lowest BCUT2D eigenvalue weighted by atomic mass is 10.1. The summed E-state index contributed by atoms with van der Waals surface area (Å²) >= 11 is 5.76. The molecule has 21 heavy (non-hydrogen) atoms. The zero-order valence-corrected chi connectivity index (χ0v) is 12.2. The van der Waals surface area contributed by atoms with E-state index < -0.39 is 0 Å². The molecular formula is C16H14ClNO3. The largest absolute Gasteiger partial charge is 0.484 e. The van der Waals surface area contributed by atoms with Crippen molar-refractivity contribution >= 4 is 29.0 Å². The molecule has 0 bridgehead atoms. The molecule has 0 aromatic heterocycles. The van der Waals surface area contributed by atoms with E-state index in [9.17, 15) is 9.59 Å². The highest BCUT2D eigenvalue weighted by atomic mass is 35.5. The van der Waals surface area contributed by atoms with Crippen LogP contribution in [0.25, 0.3) is 0 Å². The second kappa shape index (κ2) is 6.90. The third-order valence-electron chi connectivity index (χ3n) is 2.76. The highest BCUT2D eigenvalue weighted by Crippen LogP contribution is 2.17. The number of hydrogen-bond acceptors (Lipinski definition) is 3. The maximum Gasteiger partial charge on any atom is 0.262 e. The molecule has 2 rings (SSSR count). The quantitative estimate of drug-likeness (QED) is 0.859. The van der Waals surface area contributed by atoms with Crippen molar-refractivity contribution in [2.45, 2.75) is 6.92 Å². The molecule has 1 amide bonds. The lowest BCUT2D eigenvalue weighted by Crippen LogP contribution is -2.21. The van der Waals surface area contributed by atoms with E-state index in [4.69, 9.17) is 16.3 Å². The Balaban J connectivity index is 1.96. The predicted molar refractivity (Wildman–Crippen MR) is 82.0 cm³/mol. The molecule has 5 heteroatoms. The number of benzene rings is 2. The van der Waals surface area contributed by atoms with Crippen molar-refractivity contribution in [3.05, 3.63) is 59.1 Å². The van der Waals surface area contributed by atoms with Crippen LogP contribution in [0.5, 0.6) is 5.75 Å². The first-order valence-electron chi connectivity index (χ1n) is 6.34. The predicted octanol–water partition coefficient (Wildman–Crippen LogP) is 3.56. The highest BCUT2D eigenvalue weighted by molar-refractivity contribution is 6.30. The smallest absolute Gasteiger partial charge is 0.262 e. The van der Waals surface area contributed by atoms with Gasteiger partial charge in [-0.05, 0) is 43.3 Å². The number of rotatable bonds is 5. The molecule has 0 atom stereocenters. The van der Waals surface area contributed by atoms with Gasteiger partial charge in [-0.3, -0.25) is 9.59 Å². The minimum absolute atomic E-state index is 0.107. The maximum absolute atomic E-state index is 11.9. The fraction of sp³-hybridized carbons (Fsp3) is 0.125. The summed E-state index contributed by atoms with van der Waals surface area (Å²) < 4.78 is 5.34. The van der Waals surface area contributed by atoms with Crippen molar-refractivity contribution in [1.82, 2.24) is 0 Å². The standard InChI is InChI=1S/C16H14ClNO3/c1-11(19)14-4-2-3-5-15(14)18-16(20)10-21-13-8-6-12(17)7-9-13/h2-9H,10H2,1H3,(H,18,20). The summed E-state index contributed by atoms with van der Waals surface area (Å²) in [5.74, 6) is 0.109. The minimum atomic E-state index is -0.335. The Labute approximate surface area is 127 Å². The third kappa shape index (κ3) is 4.33. The van der Waals surface area contributed by atoms with Gasteiger partial charge in [0.25, 0.3) is 5.91 Å². The number of ether oxygens (including phenoxy) is 1. The number of nitrogens with one attached hydrogen (secondary N) is 1. The number of para-hydroxylation sites is 1. The molecule has 0 saturated heterocycles. The third-order valence-corrected chi connectivity index (χ3v) is 3.02. The summed E-state index contributed by atoms with van der Waals surface area (Å²) in [5, 5.41) is 3.26. The Hall–Kier alpha value is -2.33. The normalized spacial score (nSPS) is 10.0. The summed E-state index contributed by atoms with van der Waals surface area (Å²) in [4.78, 5) is 23.3. The molecule has 108 valence electrons. The number of amides is 1. The van der Waals surface area contributed by atoms with Crippen LogP contribution in [0, 0.1) is 0 Å². The van der Waals surface area contributed by atoms with Gasteiger partial charge < -0.3 is 10.1 Å². The zero-order chi connectivity index (χ0) is 15.2. The van der Waals surface area contributed by atoms with E-state index in [-0.39, 0.29) is 18.3 Å². The van der Waals surface area contributed by atoms with Gasteiger partial charge in [0.05, 0.1) is 5.69 Å². The van der Waals surface area contributed by atoms with Gasteiger partial charge in [0.1, 0.15) is 5.75 Å². The van der Waals surface area contributed by atoms with Crippen molar-refractivity contribution < 1.29 is 14.3 Å². The molecule has 0 fully saturated rings. The summed E-state index contributed by atoms with van der Waals surface area (Å²) in [5.41, 5.74) is 0.951. The lowest BCUT2D eigenvalue weighted by molar-refractivity contribution is -0.118. The Bertz CT molecular complexity index is 653. The number of carbonyl (C=O) groups is 2. The van der Waals surface area contributed by atoms with E-state index in [0.717, 1.165) is 0 Å². The molecule has 0 aliphatic carbocycles. The average Bonchev–Trinajstić information content (AvgIpc) is 2.47. The van der Waals surface area contributed by atoms with Crippen LogP contribution in [0.2, 0.25) is 5.02 Å². The van der Waals surface area contributed by atoms with Crippen LogP contribution in [0.15, 0.2) is 48.5 Å². The first-order valence-corrected chi connectivity index (χ1v) is 6.72. The molecular weight excluding hydrogens is 290 g/mol. The molecule has 1 N–H and O–H groups in total. The number of halogens is 1. The van der Waals surface area contributed by atoms with Crippen molar-refractivity contribution in [2.24, 2.45) is 0 Å². The van der Waals surface area contributed by atoms with Crippen LogP contribution >= 0.6 is 11.6 Å². The highest BCUT2D eigenvalue weighted by Gasteiger charge is 2.10. The van der Waals surface area contributed by atoms with Crippen molar-refractivity contribution in [3.8, 4) is 5.75 Å². The molecule has 0 heterocycles. The molecule has 0 saturated carbocycles. The van der Waals surface area contributed by atoms with Crippen molar-refractivity contribution in [3.63, 3.8) is 0 Å². The lowest BCUT2D eigenvalue weighted by Gasteiger charge is -2.10. The van der Waals surface area contributed by atoms with Gasteiger partial charge in [0.15, 0.2) is 12.4 Å². The second-order valence-electron chi connectivity index (χ2n) is 4.39. The SMILES string of the molecule is CC(=O)c1ccccc1NC(=O)COc1ccc(Cl)cc1. The van der Waals surface area contributed by atoms with Gasteiger partial charge in [-0.15, -0.1) is 0 Å². The Kier molecular flexibility index (Phi) is 4.95. The topological polar surface area (TPSA) is 55.4 Å². The van der Waals surface area contributed by atoms with Gasteiger partial charge in [0, 0.05) is 10.6 Å². The Morgan fingerprint density at radius 2 is 1.76 bits per heavy atom. The van der Waals surface area contributed by atoms with Gasteiger partial charge in [-0.1, -0.05) is 23.7 Å². The van der Waals surface area contributed by atoms with Gasteiger partial charge in [0.2, 0.25) is 0 Å². The number of ketones is 1. The summed E-state index contributed by atoms with van der Waals surface area (Å²) in [6.45, 7) is 1.31. The Morgan fingerprint density at radius 1 is 1.10 bits per heavy atom. The molecule has 0 unspecified atom stereocenters. The number of anilines is 1. The summed E-state index contributed by atoms with van der Waals surface area (Å²) in [7, 11) is 0. The Morgan fingerprint density at radius 3 is 2.43 bits per heavy atom. The van der Waals surface area contributed by atoms with Crippen molar-refractivity contribution in [1.29, 1.82) is 0 Å². The monoisotopic (exact) mass is 303 g/mol. The number of Topliss-reactive ketones (excluding diaryl/α,β-unsaturated/α-hetero) is 1.